The number of anilines is 1. The highest BCUT2D eigenvalue weighted by atomic mass is 35.5. The van der Waals surface area contributed by atoms with Gasteiger partial charge in [-0.1, -0.05) is 29.8 Å². The molecular weight excluding hydrogens is 365 g/mol. The summed E-state index contributed by atoms with van der Waals surface area (Å²) in [7, 11) is 0. The van der Waals surface area contributed by atoms with Gasteiger partial charge in [0.1, 0.15) is 12.0 Å². The molecule has 0 fully saturated rings. The lowest BCUT2D eigenvalue weighted by molar-refractivity contribution is 0.0727. The molecule has 0 bridgehead atoms. The monoisotopic (exact) mass is 381 g/mol. The van der Waals surface area contributed by atoms with Crippen LogP contribution in [0.1, 0.15) is 33.3 Å². The summed E-state index contributed by atoms with van der Waals surface area (Å²) in [6.07, 6.45) is 1.24. The minimum Gasteiger partial charge on any atom is -0.360 e. The molecule has 0 radical (unpaired) electrons. The highest BCUT2D eigenvalue weighted by Crippen LogP contribution is 2.35. The van der Waals surface area contributed by atoms with E-state index in [1.54, 1.807) is 35.4 Å². The first-order chi connectivity index (χ1) is 13.0. The summed E-state index contributed by atoms with van der Waals surface area (Å²) in [6.45, 7) is 2.26. The number of fused-ring (bicyclic) bond motifs is 1. The van der Waals surface area contributed by atoms with Crippen molar-refractivity contribution in [1.29, 1.82) is 0 Å². The second kappa shape index (κ2) is 7.00. The second-order valence-corrected chi connectivity index (χ2v) is 6.86. The fraction of sp³-hybridized carbons (Fsp3) is 0.143. The standard InChI is InChI=1S/C21H17ClFN3O/c1-13-17(22)5-2-6-18(13)25-20-19-16(4-3-11-24-19)21(27)26(20)12-14-7-9-15(23)10-8-14/h2-11,20,25H,12H2,1H3. The Kier molecular flexibility index (Phi) is 4.54. The number of pyridine rings is 1. The van der Waals surface area contributed by atoms with Gasteiger partial charge in [-0.25, -0.2) is 4.39 Å². The highest BCUT2D eigenvalue weighted by Gasteiger charge is 2.38. The van der Waals surface area contributed by atoms with Crippen LogP contribution in [0.25, 0.3) is 0 Å². The van der Waals surface area contributed by atoms with E-state index < -0.39 is 6.17 Å². The molecule has 4 rings (SSSR count). The van der Waals surface area contributed by atoms with E-state index in [4.69, 9.17) is 11.6 Å². The van der Waals surface area contributed by atoms with E-state index in [2.05, 4.69) is 10.3 Å². The van der Waals surface area contributed by atoms with Crippen LogP contribution in [0.15, 0.2) is 60.8 Å². The maximum Gasteiger partial charge on any atom is 0.258 e. The lowest BCUT2D eigenvalue weighted by Gasteiger charge is -2.27. The first kappa shape index (κ1) is 17.5. The molecule has 1 N–H and O–H groups in total. The molecular formula is C21H17ClFN3O. The third-order valence-corrected chi connectivity index (χ3v) is 5.14. The Labute approximate surface area is 161 Å². The largest absolute Gasteiger partial charge is 0.360 e. The van der Waals surface area contributed by atoms with Gasteiger partial charge in [0.25, 0.3) is 5.91 Å². The van der Waals surface area contributed by atoms with Crippen LogP contribution >= 0.6 is 11.6 Å². The van der Waals surface area contributed by atoms with E-state index in [-0.39, 0.29) is 11.7 Å². The molecule has 0 spiro atoms. The Morgan fingerprint density at radius 2 is 1.93 bits per heavy atom. The van der Waals surface area contributed by atoms with E-state index >= 15 is 0 Å². The molecule has 1 aliphatic heterocycles. The van der Waals surface area contributed by atoms with E-state index in [0.717, 1.165) is 16.8 Å². The van der Waals surface area contributed by atoms with Crippen LogP contribution in [0.2, 0.25) is 5.02 Å². The molecule has 0 saturated carbocycles. The normalized spacial score (nSPS) is 15.7. The molecule has 27 heavy (non-hydrogen) atoms. The Balaban J connectivity index is 1.71. The molecule has 6 heteroatoms. The predicted molar refractivity (Wildman–Crippen MR) is 103 cm³/mol. The number of amides is 1. The third kappa shape index (κ3) is 3.26. The smallest absolute Gasteiger partial charge is 0.258 e. The van der Waals surface area contributed by atoms with Gasteiger partial charge in [0.15, 0.2) is 0 Å². The zero-order chi connectivity index (χ0) is 19.0. The van der Waals surface area contributed by atoms with Crippen LogP contribution in [-0.4, -0.2) is 15.8 Å². The number of carbonyl (C=O) groups excluding carboxylic acids is 1. The Hall–Kier alpha value is -2.92. The van der Waals surface area contributed by atoms with E-state index in [1.165, 1.54) is 12.1 Å². The summed E-state index contributed by atoms with van der Waals surface area (Å²) in [5, 5.41) is 4.05. The van der Waals surface area contributed by atoms with E-state index in [1.807, 2.05) is 25.1 Å². The van der Waals surface area contributed by atoms with Crippen LogP contribution in [-0.2, 0) is 6.54 Å². The fourth-order valence-electron chi connectivity index (χ4n) is 3.24. The molecule has 1 atom stereocenters. The average Bonchev–Trinajstić information content (AvgIpc) is 2.93. The van der Waals surface area contributed by atoms with Crippen LogP contribution < -0.4 is 5.32 Å². The summed E-state index contributed by atoms with van der Waals surface area (Å²) in [5.41, 5.74) is 3.81. The minimum atomic E-state index is -0.434. The van der Waals surface area contributed by atoms with E-state index in [0.29, 0.717) is 22.8 Å². The Morgan fingerprint density at radius 1 is 1.15 bits per heavy atom. The Morgan fingerprint density at radius 3 is 2.70 bits per heavy atom. The van der Waals surface area contributed by atoms with Crippen LogP contribution in [0.4, 0.5) is 10.1 Å². The van der Waals surface area contributed by atoms with Gasteiger partial charge in [-0.05, 0) is 54.4 Å². The molecule has 0 saturated heterocycles. The van der Waals surface area contributed by atoms with Crippen molar-refractivity contribution < 1.29 is 9.18 Å². The molecule has 0 aliphatic carbocycles. The summed E-state index contributed by atoms with van der Waals surface area (Å²) in [5.74, 6) is -0.416. The number of hydrogen-bond donors (Lipinski definition) is 1. The van der Waals surface area contributed by atoms with Crippen molar-refractivity contribution in [3.05, 3.63) is 94.0 Å². The van der Waals surface area contributed by atoms with Gasteiger partial charge in [0.2, 0.25) is 0 Å². The topological polar surface area (TPSA) is 45.2 Å². The van der Waals surface area contributed by atoms with Crippen molar-refractivity contribution in [2.24, 2.45) is 0 Å². The van der Waals surface area contributed by atoms with Gasteiger partial charge in [-0.2, -0.15) is 0 Å². The molecule has 2 aromatic carbocycles. The zero-order valence-corrected chi connectivity index (χ0v) is 15.4. The molecule has 1 amide bonds. The van der Waals surface area contributed by atoms with Gasteiger partial charge >= 0.3 is 0 Å². The van der Waals surface area contributed by atoms with Gasteiger partial charge < -0.3 is 10.2 Å². The van der Waals surface area contributed by atoms with Crippen LogP contribution in [0, 0.1) is 12.7 Å². The lowest BCUT2D eigenvalue weighted by atomic mass is 10.1. The van der Waals surface area contributed by atoms with E-state index in [9.17, 15) is 9.18 Å². The average molecular weight is 382 g/mol. The third-order valence-electron chi connectivity index (χ3n) is 4.73. The molecule has 2 heterocycles. The first-order valence-electron chi connectivity index (χ1n) is 8.56. The van der Waals surface area contributed by atoms with Gasteiger partial charge in [-0.15, -0.1) is 0 Å². The summed E-state index contributed by atoms with van der Waals surface area (Å²) >= 11 is 6.24. The fourth-order valence-corrected chi connectivity index (χ4v) is 3.42. The number of halogens is 2. The number of carbonyl (C=O) groups is 1. The minimum absolute atomic E-state index is 0.111. The van der Waals surface area contributed by atoms with Crippen LogP contribution in [0.5, 0.6) is 0 Å². The molecule has 1 unspecified atom stereocenters. The highest BCUT2D eigenvalue weighted by molar-refractivity contribution is 6.31. The summed E-state index contributed by atoms with van der Waals surface area (Å²) < 4.78 is 13.2. The summed E-state index contributed by atoms with van der Waals surface area (Å²) in [6, 6.07) is 15.3. The van der Waals surface area contributed by atoms with Crippen molar-refractivity contribution >= 4 is 23.2 Å². The van der Waals surface area contributed by atoms with Gasteiger partial charge in [-0.3, -0.25) is 9.78 Å². The molecule has 1 aromatic heterocycles. The van der Waals surface area contributed by atoms with Crippen LogP contribution in [0.3, 0.4) is 0 Å². The number of hydrogen-bond acceptors (Lipinski definition) is 3. The zero-order valence-electron chi connectivity index (χ0n) is 14.6. The molecule has 1 aliphatic rings. The maximum absolute atomic E-state index is 13.2. The number of rotatable bonds is 4. The van der Waals surface area contributed by atoms with Gasteiger partial charge in [0.05, 0.1) is 11.3 Å². The SMILES string of the molecule is Cc1c(Cl)cccc1NC1c2ncccc2C(=O)N1Cc1ccc(F)cc1. The van der Waals surface area contributed by atoms with Crippen molar-refractivity contribution in [2.75, 3.05) is 5.32 Å². The van der Waals surface area contributed by atoms with Crippen molar-refractivity contribution in [3.8, 4) is 0 Å². The summed E-state index contributed by atoms with van der Waals surface area (Å²) in [4.78, 5) is 19.1. The maximum atomic E-state index is 13.2. The second-order valence-electron chi connectivity index (χ2n) is 6.45. The lowest BCUT2D eigenvalue weighted by Crippen LogP contribution is -2.32. The number of nitrogens with one attached hydrogen (secondary N) is 1. The predicted octanol–water partition coefficient (Wildman–Crippen LogP) is 4.95. The van der Waals surface area contributed by atoms with Gasteiger partial charge in [0, 0.05) is 23.5 Å². The van der Waals surface area contributed by atoms with Crippen molar-refractivity contribution in [2.45, 2.75) is 19.6 Å². The molecule has 4 nitrogen and oxygen atoms in total. The quantitative estimate of drug-likeness (QED) is 0.695. The number of benzene rings is 2. The molecule has 136 valence electrons. The first-order valence-corrected chi connectivity index (χ1v) is 8.94. The van der Waals surface area contributed by atoms with Crippen molar-refractivity contribution in [1.82, 2.24) is 9.88 Å². The van der Waals surface area contributed by atoms with Crippen molar-refractivity contribution in [3.63, 3.8) is 0 Å². The Bertz CT molecular complexity index is 1010. The number of nitrogens with zero attached hydrogens (tertiary/aromatic N) is 2. The molecule has 3 aromatic rings. The number of aromatic nitrogens is 1.